The van der Waals surface area contributed by atoms with Crippen LogP contribution in [0.4, 0.5) is 0 Å². The third-order valence-electron chi connectivity index (χ3n) is 4.67. The predicted octanol–water partition coefficient (Wildman–Crippen LogP) is 3.20. The van der Waals surface area contributed by atoms with Crippen molar-refractivity contribution in [3.63, 3.8) is 0 Å². The zero-order valence-electron chi connectivity index (χ0n) is 13.5. The number of carbonyl (C=O) groups is 1. The van der Waals surface area contributed by atoms with E-state index in [0.717, 1.165) is 12.8 Å². The van der Waals surface area contributed by atoms with Crippen LogP contribution < -0.4 is 0 Å². The van der Waals surface area contributed by atoms with Crippen molar-refractivity contribution in [1.29, 1.82) is 0 Å². The molecule has 21 heavy (non-hydrogen) atoms. The van der Waals surface area contributed by atoms with Crippen molar-refractivity contribution < 1.29 is 14.6 Å². The maximum absolute atomic E-state index is 12.2. The molecule has 0 unspecified atom stereocenters. The maximum atomic E-state index is 12.2. The lowest BCUT2D eigenvalue weighted by Gasteiger charge is -2.53. The predicted molar refractivity (Wildman–Crippen MR) is 82.5 cm³/mol. The van der Waals surface area contributed by atoms with Crippen LogP contribution in [0.1, 0.15) is 50.9 Å². The Hall–Kier alpha value is -1.55. The van der Waals surface area contributed by atoms with E-state index in [1.807, 2.05) is 0 Å². The number of ether oxygens (including phenoxy) is 1. The van der Waals surface area contributed by atoms with Crippen LogP contribution >= 0.6 is 0 Å². The molecule has 0 aliphatic carbocycles. The molecule has 116 valence electrons. The number of hydrogen-bond donors (Lipinski definition) is 1. The third kappa shape index (κ3) is 3.21. The van der Waals surface area contributed by atoms with Crippen molar-refractivity contribution in [2.75, 3.05) is 7.05 Å². The largest absolute Gasteiger partial charge is 0.507 e. The summed E-state index contributed by atoms with van der Waals surface area (Å²) < 4.78 is 5.65. The minimum Gasteiger partial charge on any atom is -0.507 e. The van der Waals surface area contributed by atoms with Gasteiger partial charge in [-0.3, -0.25) is 4.90 Å². The van der Waals surface area contributed by atoms with Gasteiger partial charge < -0.3 is 9.84 Å². The molecule has 0 atom stereocenters. The molecule has 1 heterocycles. The fraction of sp³-hybridized carbons (Fsp3) is 0.588. The summed E-state index contributed by atoms with van der Waals surface area (Å²) >= 11 is 0. The molecule has 0 amide bonds. The van der Waals surface area contributed by atoms with Gasteiger partial charge in [0.25, 0.3) is 0 Å². The lowest BCUT2D eigenvalue weighted by Crippen LogP contribution is -2.60. The van der Waals surface area contributed by atoms with Crippen molar-refractivity contribution in [2.45, 2.75) is 57.7 Å². The van der Waals surface area contributed by atoms with Crippen LogP contribution in [0.2, 0.25) is 0 Å². The molecule has 1 aromatic rings. The quantitative estimate of drug-likeness (QED) is 0.850. The highest BCUT2D eigenvalue weighted by Gasteiger charge is 2.44. The van der Waals surface area contributed by atoms with E-state index in [2.05, 4.69) is 39.6 Å². The summed E-state index contributed by atoms with van der Waals surface area (Å²) in [7, 11) is 2.11. The van der Waals surface area contributed by atoms with Crippen LogP contribution in [-0.4, -0.2) is 40.2 Å². The normalized spacial score (nSPS) is 22.0. The van der Waals surface area contributed by atoms with Crippen LogP contribution in [0, 0.1) is 0 Å². The average Bonchev–Trinajstić information content (AvgIpc) is 2.35. The maximum Gasteiger partial charge on any atom is 0.342 e. The Morgan fingerprint density at radius 1 is 1.19 bits per heavy atom. The first-order valence-electron chi connectivity index (χ1n) is 7.36. The van der Waals surface area contributed by atoms with Crippen LogP contribution in [0.15, 0.2) is 24.3 Å². The second-order valence-corrected chi connectivity index (χ2v) is 7.14. The highest BCUT2D eigenvalue weighted by atomic mass is 16.5. The zero-order valence-corrected chi connectivity index (χ0v) is 13.5. The van der Waals surface area contributed by atoms with Gasteiger partial charge in [0.05, 0.1) is 0 Å². The standard InChI is InChI=1S/C17H25NO3/c1-16(2)10-12(11-17(3,4)18(16)5)21-15(20)13-8-6-7-9-14(13)19/h6-9,12,19H,10-11H2,1-5H3. The number of piperidine rings is 1. The molecule has 0 bridgehead atoms. The molecule has 0 radical (unpaired) electrons. The van der Waals surface area contributed by atoms with E-state index in [4.69, 9.17) is 4.74 Å². The highest BCUT2D eigenvalue weighted by Crippen LogP contribution is 2.38. The lowest BCUT2D eigenvalue weighted by molar-refractivity contribution is -0.0732. The molecule has 4 heteroatoms. The minimum atomic E-state index is -0.450. The van der Waals surface area contributed by atoms with E-state index in [9.17, 15) is 9.90 Å². The van der Waals surface area contributed by atoms with Crippen molar-refractivity contribution in [1.82, 2.24) is 4.90 Å². The minimum absolute atomic E-state index is 0.0334. The summed E-state index contributed by atoms with van der Waals surface area (Å²) in [5, 5.41) is 9.75. The monoisotopic (exact) mass is 291 g/mol. The molecule has 2 rings (SSSR count). The Balaban J connectivity index is 2.14. The molecule has 0 aromatic heterocycles. The third-order valence-corrected chi connectivity index (χ3v) is 4.67. The number of rotatable bonds is 2. The van der Waals surface area contributed by atoms with Gasteiger partial charge in [0.2, 0.25) is 0 Å². The Morgan fingerprint density at radius 3 is 2.24 bits per heavy atom. The summed E-state index contributed by atoms with van der Waals surface area (Å²) in [5.41, 5.74) is 0.156. The first kappa shape index (κ1) is 15.8. The number of phenolic OH excluding ortho intramolecular Hbond substituents is 1. The van der Waals surface area contributed by atoms with Crippen molar-refractivity contribution >= 4 is 5.97 Å². The molecular formula is C17H25NO3. The van der Waals surface area contributed by atoms with Gasteiger partial charge in [-0.1, -0.05) is 12.1 Å². The molecule has 1 aromatic carbocycles. The summed E-state index contributed by atoms with van der Waals surface area (Å²) in [4.78, 5) is 14.6. The van der Waals surface area contributed by atoms with Gasteiger partial charge in [-0.2, -0.15) is 0 Å². The summed E-state index contributed by atoms with van der Waals surface area (Å²) in [5.74, 6) is -0.483. The van der Waals surface area contributed by atoms with Crippen molar-refractivity contribution in [3.05, 3.63) is 29.8 Å². The summed E-state index contributed by atoms with van der Waals surface area (Å²) in [6, 6.07) is 6.49. The van der Waals surface area contributed by atoms with Crippen LogP contribution in [0.3, 0.4) is 0 Å². The number of aromatic hydroxyl groups is 1. The molecular weight excluding hydrogens is 266 g/mol. The van der Waals surface area contributed by atoms with E-state index in [1.165, 1.54) is 6.07 Å². The molecule has 1 saturated heterocycles. The van der Waals surface area contributed by atoms with Crippen LogP contribution in [0.5, 0.6) is 5.75 Å². The Labute approximate surface area is 126 Å². The van der Waals surface area contributed by atoms with Crippen LogP contribution in [-0.2, 0) is 4.74 Å². The zero-order chi connectivity index (χ0) is 15.8. The second kappa shape index (κ2) is 5.34. The number of benzene rings is 1. The van der Waals surface area contributed by atoms with E-state index >= 15 is 0 Å². The number of hydrogen-bond acceptors (Lipinski definition) is 4. The second-order valence-electron chi connectivity index (χ2n) is 7.14. The number of nitrogens with zero attached hydrogens (tertiary/aromatic N) is 1. The average molecular weight is 291 g/mol. The Bertz CT molecular complexity index is 519. The van der Waals surface area contributed by atoms with E-state index in [-0.39, 0.29) is 28.5 Å². The van der Waals surface area contributed by atoms with Gasteiger partial charge in [0.15, 0.2) is 0 Å². The number of phenols is 1. The SMILES string of the molecule is CN1C(C)(C)CC(OC(=O)c2ccccc2O)CC1(C)C. The molecule has 0 spiro atoms. The number of likely N-dealkylation sites (tertiary alicyclic amines) is 1. The smallest absolute Gasteiger partial charge is 0.342 e. The first-order valence-corrected chi connectivity index (χ1v) is 7.36. The Kier molecular flexibility index (Phi) is 4.02. The number of esters is 1. The van der Waals surface area contributed by atoms with Crippen LogP contribution in [0.25, 0.3) is 0 Å². The molecule has 1 fully saturated rings. The van der Waals surface area contributed by atoms with Crippen molar-refractivity contribution in [3.8, 4) is 5.75 Å². The van der Waals surface area contributed by atoms with E-state index in [1.54, 1.807) is 18.2 Å². The molecule has 0 saturated carbocycles. The fourth-order valence-electron chi connectivity index (χ4n) is 3.22. The van der Waals surface area contributed by atoms with Gasteiger partial charge in [-0.05, 0) is 46.9 Å². The van der Waals surface area contributed by atoms with Gasteiger partial charge in [0.1, 0.15) is 17.4 Å². The summed E-state index contributed by atoms with van der Waals surface area (Å²) in [6.07, 6.45) is 1.43. The molecule has 4 nitrogen and oxygen atoms in total. The van der Waals surface area contributed by atoms with E-state index in [0.29, 0.717) is 0 Å². The molecule has 1 N–H and O–H groups in total. The van der Waals surface area contributed by atoms with E-state index < -0.39 is 5.97 Å². The van der Waals surface area contributed by atoms with Gasteiger partial charge in [0, 0.05) is 23.9 Å². The van der Waals surface area contributed by atoms with Gasteiger partial charge in [-0.15, -0.1) is 0 Å². The fourth-order valence-corrected chi connectivity index (χ4v) is 3.22. The first-order chi connectivity index (χ1) is 9.63. The van der Waals surface area contributed by atoms with Gasteiger partial charge >= 0.3 is 5.97 Å². The summed E-state index contributed by atoms with van der Waals surface area (Å²) in [6.45, 7) is 8.65. The lowest BCUT2D eigenvalue weighted by atomic mass is 9.79. The molecule has 1 aliphatic rings. The number of para-hydroxylation sites is 1. The number of carbonyl (C=O) groups excluding carboxylic acids is 1. The van der Waals surface area contributed by atoms with Gasteiger partial charge in [-0.25, -0.2) is 4.79 Å². The van der Waals surface area contributed by atoms with Crippen molar-refractivity contribution in [2.24, 2.45) is 0 Å². The molecule has 1 aliphatic heterocycles. The topological polar surface area (TPSA) is 49.8 Å². The highest BCUT2D eigenvalue weighted by molar-refractivity contribution is 5.92. The Morgan fingerprint density at radius 2 is 1.71 bits per heavy atom.